The lowest BCUT2D eigenvalue weighted by atomic mass is 10.2. The van der Waals surface area contributed by atoms with Crippen LogP contribution in [0.25, 0.3) is 0 Å². The van der Waals surface area contributed by atoms with Crippen molar-refractivity contribution >= 4 is 33.3 Å². The third-order valence-corrected chi connectivity index (χ3v) is 7.40. The van der Waals surface area contributed by atoms with E-state index in [2.05, 4.69) is 0 Å². The zero-order valence-corrected chi connectivity index (χ0v) is 17.8. The van der Waals surface area contributed by atoms with Crippen LogP contribution < -0.4 is 9.21 Å². The highest BCUT2D eigenvalue weighted by Crippen LogP contribution is 2.38. The minimum Gasteiger partial charge on any atom is -0.341 e. The van der Waals surface area contributed by atoms with E-state index in [9.17, 15) is 18.0 Å². The van der Waals surface area contributed by atoms with Crippen LogP contribution in [0.15, 0.2) is 53.4 Å². The maximum Gasteiger partial charge on any atom is 0.343 e. The molecular formula is C22H25N3O4S. The van der Waals surface area contributed by atoms with Gasteiger partial charge in [-0.3, -0.25) is 9.69 Å². The Balaban J connectivity index is 1.75. The topological polar surface area (TPSA) is 78.0 Å². The Morgan fingerprint density at radius 2 is 1.50 bits per heavy atom. The van der Waals surface area contributed by atoms with E-state index < -0.39 is 16.1 Å². The van der Waals surface area contributed by atoms with Crippen LogP contribution >= 0.6 is 0 Å². The second kappa shape index (κ2) is 8.10. The molecule has 2 heterocycles. The summed E-state index contributed by atoms with van der Waals surface area (Å²) < 4.78 is 27.5. The van der Waals surface area contributed by atoms with Gasteiger partial charge in [-0.1, -0.05) is 43.2 Å². The predicted octanol–water partition coefficient (Wildman–Crippen LogP) is 3.53. The summed E-state index contributed by atoms with van der Waals surface area (Å²) in [5.74, 6) is -0.163. The Bertz CT molecular complexity index is 1080. The van der Waals surface area contributed by atoms with Gasteiger partial charge in [-0.15, -0.1) is 0 Å². The summed E-state index contributed by atoms with van der Waals surface area (Å²) in [5, 5.41) is 0. The van der Waals surface area contributed by atoms with Gasteiger partial charge in [-0.25, -0.2) is 13.2 Å². The number of aryl methyl sites for hydroxylation is 1. The van der Waals surface area contributed by atoms with Crippen molar-refractivity contribution in [2.45, 2.75) is 37.5 Å². The van der Waals surface area contributed by atoms with Crippen LogP contribution in [0.2, 0.25) is 0 Å². The minimum atomic E-state index is -4.09. The number of anilines is 2. The van der Waals surface area contributed by atoms with Crippen molar-refractivity contribution in [1.82, 2.24) is 4.90 Å². The van der Waals surface area contributed by atoms with E-state index in [1.807, 2.05) is 0 Å². The molecule has 3 amide bonds. The lowest BCUT2D eigenvalue weighted by Crippen LogP contribution is -2.54. The maximum absolute atomic E-state index is 13.4. The second-order valence-electron chi connectivity index (χ2n) is 7.69. The fraction of sp³-hybridized carbons (Fsp3) is 0.364. The number of likely N-dealkylation sites (tertiary alicyclic amines) is 1. The zero-order chi connectivity index (χ0) is 21.3. The van der Waals surface area contributed by atoms with Crippen LogP contribution in [-0.2, 0) is 14.8 Å². The molecule has 0 radical (unpaired) electrons. The van der Waals surface area contributed by atoms with Gasteiger partial charge in [0.1, 0.15) is 11.4 Å². The van der Waals surface area contributed by atoms with Gasteiger partial charge in [-0.05, 0) is 43.5 Å². The number of sulfonamides is 1. The van der Waals surface area contributed by atoms with Crippen molar-refractivity contribution in [2.75, 3.05) is 28.8 Å². The average molecular weight is 428 g/mol. The third-order valence-electron chi connectivity index (χ3n) is 5.67. The summed E-state index contributed by atoms with van der Waals surface area (Å²) in [6.45, 7) is 2.91. The van der Waals surface area contributed by atoms with Gasteiger partial charge in [0.25, 0.3) is 10.0 Å². The fourth-order valence-corrected chi connectivity index (χ4v) is 5.70. The molecule has 30 heavy (non-hydrogen) atoms. The van der Waals surface area contributed by atoms with Crippen LogP contribution in [0.4, 0.5) is 16.2 Å². The smallest absolute Gasteiger partial charge is 0.341 e. The highest BCUT2D eigenvalue weighted by molar-refractivity contribution is 7.94. The number of rotatable bonds is 3. The number of para-hydroxylation sites is 2. The van der Waals surface area contributed by atoms with Crippen molar-refractivity contribution in [3.8, 4) is 0 Å². The van der Waals surface area contributed by atoms with Crippen molar-refractivity contribution in [1.29, 1.82) is 0 Å². The number of hydrogen-bond acceptors (Lipinski definition) is 4. The molecule has 0 aromatic heterocycles. The van der Waals surface area contributed by atoms with E-state index in [1.54, 1.807) is 54.3 Å². The van der Waals surface area contributed by atoms with Crippen molar-refractivity contribution < 1.29 is 18.0 Å². The van der Waals surface area contributed by atoms with E-state index in [4.69, 9.17) is 0 Å². The quantitative estimate of drug-likeness (QED) is 0.751. The van der Waals surface area contributed by atoms with Crippen LogP contribution in [-0.4, -0.2) is 44.9 Å². The minimum absolute atomic E-state index is 0.0246. The Morgan fingerprint density at radius 3 is 2.17 bits per heavy atom. The summed E-state index contributed by atoms with van der Waals surface area (Å²) in [4.78, 5) is 29.5. The molecule has 7 nitrogen and oxygen atoms in total. The highest BCUT2D eigenvalue weighted by Gasteiger charge is 2.43. The molecule has 1 saturated heterocycles. The maximum atomic E-state index is 13.4. The highest BCUT2D eigenvalue weighted by atomic mass is 32.2. The molecule has 2 aromatic carbocycles. The first-order chi connectivity index (χ1) is 14.4. The summed E-state index contributed by atoms with van der Waals surface area (Å²) in [7, 11) is -4.09. The van der Waals surface area contributed by atoms with Gasteiger partial charge < -0.3 is 4.90 Å². The average Bonchev–Trinajstić information content (AvgIpc) is 3.02. The van der Waals surface area contributed by atoms with Crippen molar-refractivity contribution in [2.24, 2.45) is 0 Å². The third kappa shape index (κ3) is 3.56. The summed E-state index contributed by atoms with van der Waals surface area (Å²) in [5.41, 5.74) is 1.20. The molecule has 0 bridgehead atoms. The number of nitrogens with zero attached hydrogens (tertiary/aromatic N) is 3. The van der Waals surface area contributed by atoms with Crippen LogP contribution in [0.3, 0.4) is 0 Å². The molecule has 1 fully saturated rings. The number of urea groups is 1. The number of fused-ring (bicyclic) bond motifs is 1. The normalized spacial score (nSPS) is 18.7. The zero-order valence-electron chi connectivity index (χ0n) is 17.0. The number of hydrogen-bond donors (Lipinski definition) is 0. The van der Waals surface area contributed by atoms with Crippen molar-refractivity contribution in [3.05, 3.63) is 54.1 Å². The second-order valence-corrected chi connectivity index (χ2v) is 9.44. The number of carbonyl (C=O) groups excluding carboxylic acids is 2. The number of amides is 3. The lowest BCUT2D eigenvalue weighted by molar-refractivity contribution is -0.129. The Kier molecular flexibility index (Phi) is 5.51. The molecule has 4 rings (SSSR count). The molecule has 2 aromatic rings. The molecule has 0 aliphatic carbocycles. The van der Waals surface area contributed by atoms with Crippen LogP contribution in [0.1, 0.15) is 31.2 Å². The Hall–Kier alpha value is -2.87. The van der Waals surface area contributed by atoms with E-state index >= 15 is 0 Å². The Labute approximate surface area is 176 Å². The van der Waals surface area contributed by atoms with Crippen LogP contribution in [0, 0.1) is 6.92 Å². The molecule has 0 atom stereocenters. The van der Waals surface area contributed by atoms with Gasteiger partial charge in [0.15, 0.2) is 0 Å². The van der Waals surface area contributed by atoms with Gasteiger partial charge in [0, 0.05) is 13.1 Å². The van der Waals surface area contributed by atoms with Gasteiger partial charge >= 0.3 is 6.03 Å². The number of carbonyl (C=O) groups is 2. The van der Waals surface area contributed by atoms with E-state index in [0.29, 0.717) is 24.3 Å². The summed E-state index contributed by atoms with van der Waals surface area (Å²) >= 11 is 0. The van der Waals surface area contributed by atoms with Gasteiger partial charge in [0.2, 0.25) is 5.91 Å². The lowest BCUT2D eigenvalue weighted by Gasteiger charge is -2.37. The van der Waals surface area contributed by atoms with E-state index in [-0.39, 0.29) is 23.0 Å². The molecule has 0 spiro atoms. The molecule has 8 heteroatoms. The molecule has 0 saturated carbocycles. The summed E-state index contributed by atoms with van der Waals surface area (Å²) in [6.07, 6.45) is 4.07. The fourth-order valence-electron chi connectivity index (χ4n) is 4.04. The van der Waals surface area contributed by atoms with Crippen molar-refractivity contribution in [3.63, 3.8) is 0 Å². The van der Waals surface area contributed by atoms with Gasteiger partial charge in [-0.2, -0.15) is 4.31 Å². The SMILES string of the molecule is Cc1ccccc1N1C(=O)N(CC(=O)N2CCCCCC2)c2ccccc2S1(=O)=O. The largest absolute Gasteiger partial charge is 0.343 e. The first-order valence-electron chi connectivity index (χ1n) is 10.2. The predicted molar refractivity (Wildman–Crippen MR) is 115 cm³/mol. The Morgan fingerprint density at radius 1 is 0.900 bits per heavy atom. The standard InChI is InChI=1S/C22H25N3O4S/c1-17-10-4-5-11-18(17)25-22(27)24(16-21(26)23-14-8-2-3-9-15-23)19-12-6-7-13-20(19)30(25,28)29/h4-7,10-13H,2-3,8-9,14-16H2,1H3. The molecule has 158 valence electrons. The first-order valence-corrected chi connectivity index (χ1v) is 11.6. The van der Waals surface area contributed by atoms with Crippen LogP contribution in [0.5, 0.6) is 0 Å². The molecule has 0 N–H and O–H groups in total. The molecule has 2 aliphatic rings. The summed E-state index contributed by atoms with van der Waals surface area (Å²) in [6, 6.07) is 12.5. The van der Waals surface area contributed by atoms with E-state index in [1.165, 1.54) is 11.0 Å². The van der Waals surface area contributed by atoms with Gasteiger partial charge in [0.05, 0.1) is 11.4 Å². The monoisotopic (exact) mass is 427 g/mol. The molecule has 0 unspecified atom stereocenters. The number of benzene rings is 2. The molecular weight excluding hydrogens is 402 g/mol. The molecule has 2 aliphatic heterocycles. The first kappa shape index (κ1) is 20.4. The van der Waals surface area contributed by atoms with E-state index in [0.717, 1.165) is 30.0 Å².